The van der Waals surface area contributed by atoms with E-state index in [1.165, 1.54) is 12.1 Å². The van der Waals surface area contributed by atoms with Gasteiger partial charge in [-0.1, -0.05) is 0 Å². The SMILES string of the molecule is CN1CCN(Cc2cc(F)cc(C#N)c2)CC1(C)C. The molecule has 4 heteroatoms. The lowest BCUT2D eigenvalue weighted by Crippen LogP contribution is -2.57. The maximum absolute atomic E-state index is 13.4. The summed E-state index contributed by atoms with van der Waals surface area (Å²) in [5.74, 6) is -0.331. The molecule has 1 aliphatic rings. The fraction of sp³-hybridized carbons (Fsp3) is 0.533. The average Bonchev–Trinajstić information content (AvgIpc) is 2.32. The summed E-state index contributed by atoms with van der Waals surface area (Å²) < 4.78 is 13.4. The molecule has 3 nitrogen and oxygen atoms in total. The van der Waals surface area contributed by atoms with Crippen LogP contribution in [0.2, 0.25) is 0 Å². The summed E-state index contributed by atoms with van der Waals surface area (Å²) >= 11 is 0. The highest BCUT2D eigenvalue weighted by Gasteiger charge is 2.30. The van der Waals surface area contributed by atoms with Crippen LogP contribution in [0.15, 0.2) is 18.2 Å². The molecule has 0 amide bonds. The number of nitrogens with zero attached hydrogens (tertiary/aromatic N) is 3. The number of likely N-dealkylation sites (N-methyl/N-ethyl adjacent to an activating group) is 1. The van der Waals surface area contributed by atoms with Crippen LogP contribution < -0.4 is 0 Å². The summed E-state index contributed by atoms with van der Waals surface area (Å²) in [6.45, 7) is 8.05. The molecule has 1 aliphatic heterocycles. The van der Waals surface area contributed by atoms with E-state index in [9.17, 15) is 4.39 Å². The molecule has 1 aromatic carbocycles. The van der Waals surface area contributed by atoms with Gasteiger partial charge in [0.2, 0.25) is 0 Å². The van der Waals surface area contributed by atoms with E-state index in [-0.39, 0.29) is 11.4 Å². The number of rotatable bonds is 2. The molecule has 1 aromatic rings. The minimum atomic E-state index is -0.331. The first-order valence-corrected chi connectivity index (χ1v) is 6.54. The third-order valence-electron chi connectivity index (χ3n) is 3.89. The molecule has 1 heterocycles. The van der Waals surface area contributed by atoms with E-state index < -0.39 is 0 Å². The molecule has 19 heavy (non-hydrogen) atoms. The number of halogens is 1. The molecular formula is C15H20FN3. The summed E-state index contributed by atoms with van der Waals surface area (Å²) in [5.41, 5.74) is 1.39. The van der Waals surface area contributed by atoms with Crippen LogP contribution in [-0.4, -0.2) is 42.0 Å². The molecule has 0 aliphatic carbocycles. The highest BCUT2D eigenvalue weighted by Crippen LogP contribution is 2.21. The Balaban J connectivity index is 2.10. The Labute approximate surface area is 114 Å². The van der Waals surface area contributed by atoms with Crippen molar-refractivity contribution in [1.29, 1.82) is 5.26 Å². The molecule has 0 aromatic heterocycles. The van der Waals surface area contributed by atoms with Gasteiger partial charge in [-0.05, 0) is 44.7 Å². The normalized spacial score (nSPS) is 20.2. The van der Waals surface area contributed by atoms with Crippen LogP contribution in [0.3, 0.4) is 0 Å². The summed E-state index contributed by atoms with van der Waals surface area (Å²) in [6, 6.07) is 6.57. The highest BCUT2D eigenvalue weighted by molar-refractivity contribution is 5.33. The molecule has 0 saturated carbocycles. The molecule has 0 N–H and O–H groups in total. The van der Waals surface area contributed by atoms with Crippen molar-refractivity contribution in [2.24, 2.45) is 0 Å². The average molecular weight is 261 g/mol. The molecule has 0 spiro atoms. The Morgan fingerprint density at radius 3 is 2.68 bits per heavy atom. The fourth-order valence-corrected chi connectivity index (χ4v) is 2.54. The minimum absolute atomic E-state index is 0.129. The molecule has 0 radical (unpaired) electrons. The van der Waals surface area contributed by atoms with Gasteiger partial charge in [0.15, 0.2) is 0 Å². The zero-order valence-electron chi connectivity index (χ0n) is 11.8. The summed E-state index contributed by atoms with van der Waals surface area (Å²) in [4.78, 5) is 4.66. The van der Waals surface area contributed by atoms with E-state index in [1.54, 1.807) is 6.07 Å². The van der Waals surface area contributed by atoms with Crippen molar-refractivity contribution >= 4 is 0 Å². The van der Waals surface area contributed by atoms with Gasteiger partial charge in [0, 0.05) is 31.7 Å². The third-order valence-corrected chi connectivity index (χ3v) is 3.89. The van der Waals surface area contributed by atoms with E-state index in [2.05, 4.69) is 30.7 Å². The number of nitriles is 1. The van der Waals surface area contributed by atoms with Crippen LogP contribution in [0.5, 0.6) is 0 Å². The lowest BCUT2D eigenvalue weighted by molar-refractivity contribution is 0.0360. The Kier molecular flexibility index (Phi) is 3.88. The smallest absolute Gasteiger partial charge is 0.124 e. The molecule has 0 unspecified atom stereocenters. The predicted molar refractivity (Wildman–Crippen MR) is 73.1 cm³/mol. The monoisotopic (exact) mass is 261 g/mol. The summed E-state index contributed by atoms with van der Waals surface area (Å²) in [7, 11) is 2.13. The molecule has 102 valence electrons. The van der Waals surface area contributed by atoms with Crippen molar-refractivity contribution in [1.82, 2.24) is 9.80 Å². The molecule has 0 bridgehead atoms. The van der Waals surface area contributed by atoms with Gasteiger partial charge in [-0.2, -0.15) is 5.26 Å². The predicted octanol–water partition coefficient (Wildman–Crippen LogP) is 2.22. The number of benzene rings is 1. The first kappa shape index (κ1) is 14.0. The maximum Gasteiger partial charge on any atom is 0.124 e. The zero-order chi connectivity index (χ0) is 14.0. The van der Waals surface area contributed by atoms with Crippen molar-refractivity contribution < 1.29 is 4.39 Å². The fourth-order valence-electron chi connectivity index (χ4n) is 2.54. The molecule has 2 rings (SSSR count). The first-order valence-electron chi connectivity index (χ1n) is 6.54. The van der Waals surface area contributed by atoms with Gasteiger partial charge < -0.3 is 0 Å². The lowest BCUT2D eigenvalue weighted by Gasteiger charge is -2.45. The van der Waals surface area contributed by atoms with E-state index in [0.717, 1.165) is 25.2 Å². The molecule has 0 atom stereocenters. The number of hydrogen-bond donors (Lipinski definition) is 0. The second kappa shape index (κ2) is 5.28. The number of piperazine rings is 1. The second-order valence-corrected chi connectivity index (χ2v) is 5.90. The molecule has 1 fully saturated rings. The Hall–Kier alpha value is -1.44. The third kappa shape index (κ3) is 3.31. The van der Waals surface area contributed by atoms with E-state index in [4.69, 9.17) is 5.26 Å². The van der Waals surface area contributed by atoms with E-state index in [0.29, 0.717) is 12.1 Å². The van der Waals surface area contributed by atoms with Crippen molar-refractivity contribution in [3.05, 3.63) is 35.1 Å². The Bertz CT molecular complexity index is 505. The van der Waals surface area contributed by atoms with Gasteiger partial charge in [0.1, 0.15) is 5.82 Å². The Morgan fingerprint density at radius 1 is 1.32 bits per heavy atom. The lowest BCUT2D eigenvalue weighted by atomic mass is 9.99. The van der Waals surface area contributed by atoms with Gasteiger partial charge >= 0.3 is 0 Å². The number of hydrogen-bond acceptors (Lipinski definition) is 3. The molecular weight excluding hydrogens is 241 g/mol. The van der Waals surface area contributed by atoms with Crippen LogP contribution in [-0.2, 0) is 6.54 Å². The van der Waals surface area contributed by atoms with Crippen LogP contribution in [0.25, 0.3) is 0 Å². The van der Waals surface area contributed by atoms with Crippen LogP contribution in [0, 0.1) is 17.1 Å². The second-order valence-electron chi connectivity index (χ2n) is 5.90. The van der Waals surface area contributed by atoms with Gasteiger partial charge in [-0.3, -0.25) is 9.80 Å². The summed E-state index contributed by atoms with van der Waals surface area (Å²) in [6.07, 6.45) is 0. The van der Waals surface area contributed by atoms with Crippen molar-refractivity contribution in [3.63, 3.8) is 0 Å². The Morgan fingerprint density at radius 2 is 2.05 bits per heavy atom. The van der Waals surface area contributed by atoms with Crippen LogP contribution >= 0.6 is 0 Å². The highest BCUT2D eigenvalue weighted by atomic mass is 19.1. The van der Waals surface area contributed by atoms with Crippen molar-refractivity contribution in [2.75, 3.05) is 26.7 Å². The van der Waals surface area contributed by atoms with Crippen LogP contribution in [0.4, 0.5) is 4.39 Å². The minimum Gasteiger partial charge on any atom is -0.299 e. The quantitative estimate of drug-likeness (QED) is 0.818. The van der Waals surface area contributed by atoms with Gasteiger partial charge in [-0.25, -0.2) is 4.39 Å². The van der Waals surface area contributed by atoms with Crippen molar-refractivity contribution in [2.45, 2.75) is 25.9 Å². The summed E-state index contributed by atoms with van der Waals surface area (Å²) in [5, 5.41) is 8.87. The van der Waals surface area contributed by atoms with E-state index >= 15 is 0 Å². The van der Waals surface area contributed by atoms with Gasteiger partial charge in [0.05, 0.1) is 11.6 Å². The largest absolute Gasteiger partial charge is 0.299 e. The standard InChI is InChI=1S/C15H20FN3/c1-15(2)11-19(5-4-18(15)3)10-13-6-12(9-17)7-14(16)8-13/h6-8H,4-5,10-11H2,1-3H3. The molecule has 1 saturated heterocycles. The van der Waals surface area contributed by atoms with Gasteiger partial charge in [0.25, 0.3) is 0 Å². The first-order chi connectivity index (χ1) is 8.90. The topological polar surface area (TPSA) is 30.3 Å². The zero-order valence-corrected chi connectivity index (χ0v) is 11.8. The van der Waals surface area contributed by atoms with Crippen LogP contribution in [0.1, 0.15) is 25.0 Å². The van der Waals surface area contributed by atoms with E-state index in [1.807, 2.05) is 6.07 Å². The van der Waals surface area contributed by atoms with Crippen molar-refractivity contribution in [3.8, 4) is 6.07 Å². The maximum atomic E-state index is 13.4. The van der Waals surface area contributed by atoms with Gasteiger partial charge in [-0.15, -0.1) is 0 Å².